The van der Waals surface area contributed by atoms with E-state index in [2.05, 4.69) is 4.98 Å². The van der Waals surface area contributed by atoms with Crippen LogP contribution in [0.3, 0.4) is 0 Å². The average Bonchev–Trinajstić information content (AvgIpc) is 2.99. The third kappa shape index (κ3) is 2.99. The lowest BCUT2D eigenvalue weighted by atomic mass is 10.2. The summed E-state index contributed by atoms with van der Waals surface area (Å²) in [5.41, 5.74) is -1.60. The summed E-state index contributed by atoms with van der Waals surface area (Å²) in [6.07, 6.45) is 2.45. The van der Waals surface area contributed by atoms with Gasteiger partial charge in [0.2, 0.25) is 18.7 Å². The fraction of sp³-hybridized carbons (Fsp3) is 0.143. The Bertz CT molecular complexity index is 954. The minimum atomic E-state index is -1.75. The number of aromatic nitrogens is 3. The first-order valence-electron chi connectivity index (χ1n) is 6.34. The second-order valence-corrected chi connectivity index (χ2v) is 4.87. The van der Waals surface area contributed by atoms with E-state index in [0.717, 1.165) is 10.5 Å². The van der Waals surface area contributed by atoms with Gasteiger partial charge in [0.15, 0.2) is 11.6 Å². The van der Waals surface area contributed by atoms with E-state index in [0.29, 0.717) is 10.6 Å². The molecule has 0 fully saturated rings. The third-order valence-electron chi connectivity index (χ3n) is 3.11. The monoisotopic (exact) mass is 365 g/mol. The van der Waals surface area contributed by atoms with Crippen molar-refractivity contribution in [3.63, 3.8) is 0 Å². The summed E-state index contributed by atoms with van der Waals surface area (Å²) in [7, 11) is 0. The van der Waals surface area contributed by atoms with Crippen molar-refractivity contribution < 1.29 is 22.0 Å². The van der Waals surface area contributed by atoms with Crippen LogP contribution >= 0.6 is 11.6 Å². The van der Waals surface area contributed by atoms with Gasteiger partial charge in [-0.3, -0.25) is 9.20 Å². The lowest BCUT2D eigenvalue weighted by Gasteiger charge is -2.12. The molecule has 0 radical (unpaired) electrons. The van der Waals surface area contributed by atoms with Crippen LogP contribution in [0.4, 0.5) is 22.0 Å². The zero-order valence-electron chi connectivity index (χ0n) is 12.0. The number of hydrogen-bond donors (Lipinski definition) is 0. The summed E-state index contributed by atoms with van der Waals surface area (Å²) in [5.74, 6) is -3.16. The Balaban J connectivity index is 0.000000647. The molecule has 10 heteroatoms. The number of benzene rings is 1. The minimum absolute atomic E-state index is 0.0194. The number of imidazole rings is 1. The largest absolute Gasteiger partial charge is 0.269 e. The standard InChI is InChI=1S/C13H7ClF3N3O.CH2F2/c1-6-7(14)4-8(15)12(11(6)17)20-10(21)5-9(16)19-3-2-18-13(19)20;2-1-3/h2-5H,1H3;1H2. The highest BCUT2D eigenvalue weighted by Gasteiger charge is 2.21. The van der Waals surface area contributed by atoms with E-state index >= 15 is 0 Å². The molecular weight excluding hydrogens is 357 g/mol. The number of alkyl halides is 2. The Morgan fingerprint density at radius 2 is 1.83 bits per heavy atom. The first-order valence-corrected chi connectivity index (χ1v) is 6.72. The van der Waals surface area contributed by atoms with Gasteiger partial charge in [0.1, 0.15) is 5.69 Å². The maximum absolute atomic E-state index is 14.3. The van der Waals surface area contributed by atoms with Gasteiger partial charge in [-0.05, 0) is 13.0 Å². The molecular formula is C14H9ClF5N3O. The minimum Gasteiger partial charge on any atom is -0.269 e. The fourth-order valence-electron chi connectivity index (χ4n) is 2.05. The molecule has 0 unspecified atom stereocenters. The molecule has 2 aromatic heterocycles. The van der Waals surface area contributed by atoms with Crippen LogP contribution in [0.25, 0.3) is 11.5 Å². The van der Waals surface area contributed by atoms with E-state index in [4.69, 9.17) is 11.6 Å². The quantitative estimate of drug-likeness (QED) is 0.487. The van der Waals surface area contributed by atoms with E-state index in [9.17, 15) is 26.7 Å². The van der Waals surface area contributed by atoms with Crippen LogP contribution in [-0.4, -0.2) is 20.9 Å². The van der Waals surface area contributed by atoms with Crippen molar-refractivity contribution in [2.75, 3.05) is 6.93 Å². The third-order valence-corrected chi connectivity index (χ3v) is 3.51. The maximum Gasteiger partial charge on any atom is 0.262 e. The highest BCUT2D eigenvalue weighted by Crippen LogP contribution is 2.27. The molecule has 128 valence electrons. The average molecular weight is 366 g/mol. The van der Waals surface area contributed by atoms with Gasteiger partial charge in [0.05, 0.1) is 6.07 Å². The van der Waals surface area contributed by atoms with Crippen molar-refractivity contribution in [1.82, 2.24) is 14.0 Å². The summed E-state index contributed by atoms with van der Waals surface area (Å²) in [4.78, 5) is 15.7. The van der Waals surface area contributed by atoms with Crippen LogP contribution < -0.4 is 5.56 Å². The summed E-state index contributed by atoms with van der Waals surface area (Å²) in [6.45, 7) is -0.405. The Kier molecular flexibility index (Phi) is 5.23. The molecule has 0 N–H and O–H groups in total. The summed E-state index contributed by atoms with van der Waals surface area (Å²) in [5, 5.41) is -0.108. The number of hydrogen-bond acceptors (Lipinski definition) is 2. The van der Waals surface area contributed by atoms with Crippen LogP contribution in [0.1, 0.15) is 5.56 Å². The zero-order chi connectivity index (χ0) is 18.0. The van der Waals surface area contributed by atoms with Crippen LogP contribution in [0.5, 0.6) is 0 Å². The second-order valence-electron chi connectivity index (χ2n) is 4.47. The molecule has 0 aliphatic carbocycles. The van der Waals surface area contributed by atoms with Crippen molar-refractivity contribution in [3.05, 3.63) is 63.0 Å². The van der Waals surface area contributed by atoms with Gasteiger partial charge in [0, 0.05) is 23.0 Å². The van der Waals surface area contributed by atoms with Gasteiger partial charge in [0.25, 0.3) is 5.56 Å². The Morgan fingerprint density at radius 1 is 1.21 bits per heavy atom. The van der Waals surface area contributed by atoms with E-state index in [-0.39, 0.29) is 16.4 Å². The molecule has 4 nitrogen and oxygen atoms in total. The van der Waals surface area contributed by atoms with E-state index in [1.165, 1.54) is 19.3 Å². The second kappa shape index (κ2) is 7.00. The Hall–Kier alpha value is -2.42. The fourth-order valence-corrected chi connectivity index (χ4v) is 2.23. The predicted octanol–water partition coefficient (Wildman–Crippen LogP) is 3.75. The van der Waals surface area contributed by atoms with Gasteiger partial charge in [-0.2, -0.15) is 4.39 Å². The van der Waals surface area contributed by atoms with E-state index in [1.54, 1.807) is 0 Å². The van der Waals surface area contributed by atoms with Crippen molar-refractivity contribution in [2.24, 2.45) is 0 Å². The molecule has 3 rings (SSSR count). The van der Waals surface area contributed by atoms with Crippen molar-refractivity contribution in [3.8, 4) is 5.69 Å². The highest BCUT2D eigenvalue weighted by atomic mass is 35.5. The predicted molar refractivity (Wildman–Crippen MR) is 77.5 cm³/mol. The Labute approximate surface area is 136 Å². The Morgan fingerprint density at radius 3 is 2.46 bits per heavy atom. The summed E-state index contributed by atoms with van der Waals surface area (Å²) >= 11 is 5.69. The lowest BCUT2D eigenvalue weighted by molar-refractivity contribution is 0.295. The normalized spacial score (nSPS) is 10.6. The molecule has 0 aliphatic rings. The number of nitrogens with zero attached hydrogens (tertiary/aromatic N) is 3. The van der Waals surface area contributed by atoms with Crippen LogP contribution in [-0.2, 0) is 0 Å². The van der Waals surface area contributed by atoms with Gasteiger partial charge in [-0.15, -0.1) is 0 Å². The van der Waals surface area contributed by atoms with Crippen LogP contribution in [0, 0.1) is 24.5 Å². The smallest absolute Gasteiger partial charge is 0.262 e. The number of fused-ring (bicyclic) bond motifs is 1. The molecule has 3 aromatic rings. The SMILES string of the molecule is Cc1c(Cl)cc(F)c(-n2c(=O)cc(F)n3ccnc23)c1F.FCF. The first-order chi connectivity index (χ1) is 11.3. The number of rotatable bonds is 1. The highest BCUT2D eigenvalue weighted by molar-refractivity contribution is 6.31. The van der Waals surface area contributed by atoms with Gasteiger partial charge < -0.3 is 0 Å². The molecule has 0 saturated heterocycles. The van der Waals surface area contributed by atoms with Crippen LogP contribution in [0.15, 0.2) is 29.3 Å². The van der Waals surface area contributed by atoms with Gasteiger partial charge >= 0.3 is 0 Å². The summed E-state index contributed by atoms with van der Waals surface area (Å²) in [6, 6.07) is 1.52. The molecule has 2 heterocycles. The first kappa shape index (κ1) is 17.9. The van der Waals surface area contributed by atoms with Crippen molar-refractivity contribution in [2.45, 2.75) is 6.92 Å². The molecule has 0 atom stereocenters. The molecule has 0 amide bonds. The molecule has 0 bridgehead atoms. The zero-order valence-corrected chi connectivity index (χ0v) is 12.8. The van der Waals surface area contributed by atoms with Crippen LogP contribution in [0.2, 0.25) is 5.02 Å². The van der Waals surface area contributed by atoms with Crippen molar-refractivity contribution in [1.29, 1.82) is 0 Å². The molecule has 24 heavy (non-hydrogen) atoms. The maximum atomic E-state index is 14.3. The van der Waals surface area contributed by atoms with E-state index in [1.807, 2.05) is 0 Å². The molecule has 0 aliphatic heterocycles. The van der Waals surface area contributed by atoms with E-state index < -0.39 is 35.8 Å². The van der Waals surface area contributed by atoms with Crippen molar-refractivity contribution >= 4 is 17.4 Å². The number of halogens is 6. The van der Waals surface area contributed by atoms with Gasteiger partial charge in [-0.25, -0.2) is 27.1 Å². The van der Waals surface area contributed by atoms with Gasteiger partial charge in [-0.1, -0.05) is 11.6 Å². The molecule has 0 spiro atoms. The summed E-state index contributed by atoms with van der Waals surface area (Å²) < 4.78 is 62.8. The lowest BCUT2D eigenvalue weighted by Crippen LogP contribution is -2.24. The molecule has 0 saturated carbocycles. The molecule has 1 aromatic carbocycles. The topological polar surface area (TPSA) is 39.3 Å².